The fourth-order valence-corrected chi connectivity index (χ4v) is 6.82. The first-order valence-corrected chi connectivity index (χ1v) is 10.2. The lowest BCUT2D eigenvalue weighted by atomic mass is 9.53. The van der Waals surface area contributed by atoms with E-state index in [1.807, 2.05) is 0 Å². The first kappa shape index (κ1) is 15.0. The van der Waals surface area contributed by atoms with Gasteiger partial charge in [-0.05, 0) is 79.1 Å². The fourth-order valence-electron chi connectivity index (χ4n) is 6.82. The highest BCUT2D eigenvalue weighted by Gasteiger charge is 2.50. The fraction of sp³-hybridized carbons (Fsp3) is 0.583. The molecule has 2 fully saturated rings. The van der Waals surface area contributed by atoms with E-state index in [0.29, 0.717) is 5.41 Å². The highest BCUT2D eigenvalue weighted by atomic mass is 14.5. The summed E-state index contributed by atoms with van der Waals surface area (Å²) in [6.07, 6.45) is 17.8. The molecule has 0 heteroatoms. The number of fused-ring (bicyclic) bond motifs is 5. The van der Waals surface area contributed by atoms with Gasteiger partial charge in [0, 0.05) is 0 Å². The quantitative estimate of drug-likeness (QED) is 0.518. The minimum absolute atomic E-state index is 0.503. The van der Waals surface area contributed by atoms with Gasteiger partial charge in [-0.25, -0.2) is 0 Å². The van der Waals surface area contributed by atoms with Crippen molar-refractivity contribution in [3.8, 4) is 0 Å². The van der Waals surface area contributed by atoms with Crippen molar-refractivity contribution < 1.29 is 0 Å². The van der Waals surface area contributed by atoms with Crippen molar-refractivity contribution in [2.75, 3.05) is 0 Å². The first-order chi connectivity index (χ1) is 11.8. The minimum Gasteiger partial charge on any atom is -0.0847 e. The molecule has 0 amide bonds. The zero-order chi connectivity index (χ0) is 16.1. The predicted molar refractivity (Wildman–Crippen MR) is 101 cm³/mol. The highest BCUT2D eigenvalue weighted by molar-refractivity contribution is 5.32. The molecule has 1 unspecified atom stereocenters. The monoisotopic (exact) mass is 318 g/mol. The van der Waals surface area contributed by atoms with Crippen LogP contribution in [0.25, 0.3) is 0 Å². The number of hydrogen-bond donors (Lipinski definition) is 0. The van der Waals surface area contributed by atoms with Crippen LogP contribution >= 0.6 is 0 Å². The van der Waals surface area contributed by atoms with Crippen molar-refractivity contribution >= 4 is 0 Å². The summed E-state index contributed by atoms with van der Waals surface area (Å²) in [6.45, 7) is 2.53. The molecule has 1 aromatic rings. The van der Waals surface area contributed by atoms with E-state index in [1.165, 1.54) is 44.9 Å². The van der Waals surface area contributed by atoms with E-state index in [-0.39, 0.29) is 0 Å². The van der Waals surface area contributed by atoms with Crippen molar-refractivity contribution in [2.45, 2.75) is 57.8 Å². The summed E-state index contributed by atoms with van der Waals surface area (Å²) in [4.78, 5) is 0. The third kappa shape index (κ3) is 2.18. The maximum atomic E-state index is 2.68. The topological polar surface area (TPSA) is 0 Å². The minimum atomic E-state index is 0.503. The molecular formula is C24H30. The van der Waals surface area contributed by atoms with Crippen LogP contribution in [0.1, 0.15) is 63.4 Å². The average Bonchev–Trinajstić information content (AvgIpc) is 3.03. The lowest BCUT2D eigenvalue weighted by Crippen LogP contribution is -2.42. The van der Waals surface area contributed by atoms with Gasteiger partial charge >= 0.3 is 0 Å². The van der Waals surface area contributed by atoms with Crippen LogP contribution in [-0.2, 0) is 0 Å². The molecule has 2 saturated carbocycles. The lowest BCUT2D eigenvalue weighted by Gasteiger charge is -2.51. The summed E-state index contributed by atoms with van der Waals surface area (Å²) in [5.74, 6) is 4.16. The van der Waals surface area contributed by atoms with E-state index >= 15 is 0 Å². The average molecular weight is 319 g/mol. The largest absolute Gasteiger partial charge is 0.0847 e. The normalized spacial score (nSPS) is 43.5. The maximum Gasteiger partial charge on any atom is -0.00685 e. The molecule has 0 nitrogen and oxygen atoms in total. The number of allylic oxidation sites excluding steroid dienone is 4. The highest BCUT2D eigenvalue weighted by Crippen LogP contribution is 2.60. The molecule has 0 N–H and O–H groups in total. The zero-order valence-electron chi connectivity index (χ0n) is 15.0. The second-order valence-electron chi connectivity index (χ2n) is 9.05. The van der Waals surface area contributed by atoms with Crippen molar-refractivity contribution in [3.05, 3.63) is 59.7 Å². The summed E-state index contributed by atoms with van der Waals surface area (Å²) >= 11 is 0. The first-order valence-electron chi connectivity index (χ1n) is 10.2. The van der Waals surface area contributed by atoms with Crippen LogP contribution in [0, 0.1) is 29.1 Å². The van der Waals surface area contributed by atoms with Gasteiger partial charge in [-0.15, -0.1) is 0 Å². The van der Waals surface area contributed by atoms with Gasteiger partial charge in [0.1, 0.15) is 0 Å². The van der Waals surface area contributed by atoms with Crippen LogP contribution in [-0.4, -0.2) is 0 Å². The lowest BCUT2D eigenvalue weighted by molar-refractivity contribution is 0.100. The predicted octanol–water partition coefficient (Wildman–Crippen LogP) is 6.51. The zero-order valence-corrected chi connectivity index (χ0v) is 15.0. The molecule has 1 aromatic carbocycles. The molecular weight excluding hydrogens is 288 g/mol. The number of benzene rings is 1. The van der Waals surface area contributed by atoms with Crippen LogP contribution in [0.3, 0.4) is 0 Å². The van der Waals surface area contributed by atoms with Crippen molar-refractivity contribution in [1.29, 1.82) is 0 Å². The molecule has 0 radical (unpaired) electrons. The third-order valence-corrected chi connectivity index (χ3v) is 7.92. The molecule has 6 atom stereocenters. The molecule has 0 aliphatic heterocycles. The Bertz CT molecular complexity index is 667. The van der Waals surface area contributed by atoms with Crippen molar-refractivity contribution in [3.63, 3.8) is 0 Å². The Morgan fingerprint density at radius 1 is 1.04 bits per heavy atom. The Morgan fingerprint density at radius 3 is 2.79 bits per heavy atom. The molecule has 0 aromatic heterocycles. The van der Waals surface area contributed by atoms with Crippen LogP contribution in [0.4, 0.5) is 0 Å². The molecule has 126 valence electrons. The van der Waals surface area contributed by atoms with E-state index in [4.69, 9.17) is 0 Å². The third-order valence-electron chi connectivity index (χ3n) is 7.92. The van der Waals surface area contributed by atoms with Crippen LogP contribution in [0.2, 0.25) is 0 Å². The van der Waals surface area contributed by atoms with Crippen molar-refractivity contribution in [1.82, 2.24) is 0 Å². The summed E-state index contributed by atoms with van der Waals surface area (Å²) in [6, 6.07) is 11.4. The van der Waals surface area contributed by atoms with E-state index in [0.717, 1.165) is 29.6 Å². The Kier molecular flexibility index (Phi) is 3.51. The summed E-state index contributed by atoms with van der Waals surface area (Å²) in [5, 5.41) is 0. The van der Waals surface area contributed by atoms with Crippen LogP contribution in [0.15, 0.2) is 54.1 Å². The molecule has 5 rings (SSSR count). The number of hydrogen-bond acceptors (Lipinski definition) is 0. The number of rotatable bonds is 1. The Balaban J connectivity index is 1.55. The van der Waals surface area contributed by atoms with Crippen LogP contribution < -0.4 is 0 Å². The SMILES string of the molecule is C[C@]12C=C[C@H]3[C@@H](CC=C4CCCC(c5ccccc5)[C@@H]43)[C@@H]1CCC2. The Morgan fingerprint density at radius 2 is 1.92 bits per heavy atom. The van der Waals surface area contributed by atoms with Gasteiger partial charge in [-0.3, -0.25) is 0 Å². The van der Waals surface area contributed by atoms with Gasteiger partial charge < -0.3 is 0 Å². The smallest absolute Gasteiger partial charge is 0.00685 e. The van der Waals surface area contributed by atoms with Gasteiger partial charge in [-0.1, -0.05) is 67.5 Å². The molecule has 0 saturated heterocycles. The van der Waals surface area contributed by atoms with E-state index < -0.39 is 0 Å². The Labute approximate surface area is 147 Å². The molecule has 0 heterocycles. The van der Waals surface area contributed by atoms with Gasteiger partial charge in [-0.2, -0.15) is 0 Å². The van der Waals surface area contributed by atoms with Crippen molar-refractivity contribution in [2.24, 2.45) is 29.1 Å². The second kappa shape index (κ2) is 5.61. The standard InChI is InChI=1S/C24H30/c1-24-15-6-11-22(24)20-13-12-18-9-5-10-19(17-7-3-2-4-8-17)23(18)21(20)14-16-24/h2-4,7-8,12,14,16,19-23H,5-6,9-11,13,15H2,1H3/t19?,20-,21+,22+,23-,24+/m1/s1. The summed E-state index contributed by atoms with van der Waals surface area (Å²) < 4.78 is 0. The Hall–Kier alpha value is -1.30. The summed E-state index contributed by atoms with van der Waals surface area (Å²) in [7, 11) is 0. The van der Waals surface area contributed by atoms with Gasteiger partial charge in [0.2, 0.25) is 0 Å². The van der Waals surface area contributed by atoms with Gasteiger partial charge in [0.25, 0.3) is 0 Å². The molecule has 24 heavy (non-hydrogen) atoms. The molecule has 0 bridgehead atoms. The van der Waals surface area contributed by atoms with Crippen LogP contribution in [0.5, 0.6) is 0 Å². The van der Waals surface area contributed by atoms with E-state index in [9.17, 15) is 0 Å². The van der Waals surface area contributed by atoms with E-state index in [2.05, 4.69) is 55.5 Å². The van der Waals surface area contributed by atoms with Gasteiger partial charge in [0.05, 0.1) is 0 Å². The second-order valence-corrected chi connectivity index (χ2v) is 9.05. The summed E-state index contributed by atoms with van der Waals surface area (Å²) in [5.41, 5.74) is 3.88. The van der Waals surface area contributed by atoms with E-state index in [1.54, 1.807) is 11.1 Å². The molecule has 4 aliphatic carbocycles. The van der Waals surface area contributed by atoms with Gasteiger partial charge in [0.15, 0.2) is 0 Å². The molecule has 4 aliphatic rings. The molecule has 0 spiro atoms. The maximum absolute atomic E-state index is 2.68.